The van der Waals surface area contributed by atoms with Crippen molar-refractivity contribution in [3.63, 3.8) is 0 Å². The van der Waals surface area contributed by atoms with Gasteiger partial charge in [-0.05, 0) is 18.2 Å². The van der Waals surface area contributed by atoms with Crippen LogP contribution < -0.4 is 4.90 Å². The first kappa shape index (κ1) is 22.8. The first-order valence-electron chi connectivity index (χ1n) is 11.5. The van der Waals surface area contributed by atoms with Crippen molar-refractivity contribution in [1.82, 2.24) is 9.47 Å². The quantitative estimate of drug-likeness (QED) is 0.319. The molecule has 1 atom stereocenters. The first-order valence-corrected chi connectivity index (χ1v) is 11.5. The second kappa shape index (κ2) is 9.32. The van der Waals surface area contributed by atoms with E-state index in [0.717, 1.165) is 27.9 Å². The normalized spacial score (nSPS) is 15.5. The molecule has 1 saturated heterocycles. The minimum absolute atomic E-state index is 0.265. The van der Waals surface area contributed by atoms with Gasteiger partial charge in [0.2, 0.25) is 0 Å². The number of aliphatic hydroxyl groups excluding tert-OH is 1. The Morgan fingerprint density at radius 1 is 0.800 bits per heavy atom. The maximum Gasteiger partial charge on any atom is 0.299 e. The van der Waals surface area contributed by atoms with Gasteiger partial charge in [-0.2, -0.15) is 0 Å². The van der Waals surface area contributed by atoms with Gasteiger partial charge in [0.25, 0.3) is 11.4 Å². The molecule has 180 valence electrons. The molecule has 0 spiro atoms. The average Bonchev–Trinajstić information content (AvgIpc) is 3.18. The third-order valence-corrected chi connectivity index (χ3v) is 6.62. The summed E-state index contributed by atoms with van der Waals surface area (Å²) in [6, 6.07) is 20.1. The second-order valence-electron chi connectivity index (χ2n) is 8.77. The Bertz CT molecular complexity index is 1360. The molecule has 3 aromatic carbocycles. The maximum atomic E-state index is 11.5. The molecule has 10 nitrogen and oxygen atoms in total. The zero-order valence-electron chi connectivity index (χ0n) is 19.0. The maximum absolute atomic E-state index is 11.5. The number of hydrogen-bond donors (Lipinski definition) is 1. The number of para-hydroxylation sites is 2. The van der Waals surface area contributed by atoms with E-state index >= 15 is 0 Å². The number of β-amino-alcohol motifs (C(OH)–C–C–N with tert-alkyl or cyclic N) is 1. The summed E-state index contributed by atoms with van der Waals surface area (Å²) in [5, 5.41) is 35.8. The fourth-order valence-electron chi connectivity index (χ4n) is 4.98. The number of nitro benzene ring substituents is 2. The minimum atomic E-state index is -0.632. The van der Waals surface area contributed by atoms with Crippen LogP contribution in [-0.4, -0.2) is 63.2 Å². The van der Waals surface area contributed by atoms with Gasteiger partial charge in [-0.1, -0.05) is 36.4 Å². The Morgan fingerprint density at radius 3 is 1.97 bits per heavy atom. The van der Waals surface area contributed by atoms with Crippen LogP contribution in [0.2, 0.25) is 0 Å². The molecule has 1 N–H and O–H groups in total. The Labute approximate surface area is 200 Å². The molecule has 0 aliphatic carbocycles. The van der Waals surface area contributed by atoms with Crippen LogP contribution in [0.1, 0.15) is 0 Å². The van der Waals surface area contributed by atoms with Crippen molar-refractivity contribution in [2.24, 2.45) is 0 Å². The van der Waals surface area contributed by atoms with E-state index in [2.05, 4.69) is 33.7 Å². The number of aromatic nitrogens is 1. The van der Waals surface area contributed by atoms with Gasteiger partial charge in [-0.25, -0.2) is 0 Å². The van der Waals surface area contributed by atoms with E-state index < -0.39 is 16.0 Å². The van der Waals surface area contributed by atoms with Gasteiger partial charge in [-0.15, -0.1) is 0 Å². The fraction of sp³-hybridized carbons (Fsp3) is 0.280. The van der Waals surface area contributed by atoms with Crippen molar-refractivity contribution in [2.45, 2.75) is 12.6 Å². The van der Waals surface area contributed by atoms with Crippen LogP contribution in [0.15, 0.2) is 66.7 Å². The number of rotatable bonds is 7. The SMILES string of the molecule is O=[N+]([O-])c1ccc(N2CCN(CC(O)Cn3c4ccccc4c4ccccc43)CC2)c([N+](=O)[O-])c1. The molecule has 0 radical (unpaired) electrons. The summed E-state index contributed by atoms with van der Waals surface area (Å²) in [5.41, 5.74) is 1.99. The van der Waals surface area contributed by atoms with E-state index in [1.807, 2.05) is 29.2 Å². The summed E-state index contributed by atoms with van der Waals surface area (Å²) in [6.45, 7) is 3.25. The van der Waals surface area contributed by atoms with E-state index in [-0.39, 0.29) is 11.4 Å². The van der Waals surface area contributed by atoms with Crippen LogP contribution in [0.25, 0.3) is 21.8 Å². The molecule has 0 amide bonds. The highest BCUT2D eigenvalue weighted by molar-refractivity contribution is 6.07. The molecular weight excluding hydrogens is 450 g/mol. The summed E-state index contributed by atoms with van der Waals surface area (Å²) >= 11 is 0. The molecular formula is C25H25N5O5. The number of fused-ring (bicyclic) bond motifs is 3. The van der Waals surface area contributed by atoms with Crippen LogP contribution in [0, 0.1) is 20.2 Å². The van der Waals surface area contributed by atoms with Gasteiger partial charge in [-0.3, -0.25) is 25.1 Å². The molecule has 2 heterocycles. The van der Waals surface area contributed by atoms with Crippen molar-refractivity contribution in [3.05, 3.63) is 87.0 Å². The Kier molecular flexibility index (Phi) is 6.06. The molecule has 5 rings (SSSR count). The number of nitrogens with zero attached hydrogens (tertiary/aromatic N) is 5. The lowest BCUT2D eigenvalue weighted by atomic mass is 10.2. The van der Waals surface area contributed by atoms with E-state index in [4.69, 9.17) is 0 Å². The summed E-state index contributed by atoms with van der Waals surface area (Å²) < 4.78 is 2.16. The zero-order chi connectivity index (χ0) is 24.5. The van der Waals surface area contributed by atoms with Crippen molar-refractivity contribution >= 4 is 38.9 Å². The van der Waals surface area contributed by atoms with E-state index in [0.29, 0.717) is 45.0 Å². The summed E-state index contributed by atoms with van der Waals surface area (Å²) in [7, 11) is 0. The molecule has 35 heavy (non-hydrogen) atoms. The number of benzene rings is 3. The third-order valence-electron chi connectivity index (χ3n) is 6.62. The predicted molar refractivity (Wildman–Crippen MR) is 134 cm³/mol. The highest BCUT2D eigenvalue weighted by Gasteiger charge is 2.27. The van der Waals surface area contributed by atoms with Gasteiger partial charge in [0.15, 0.2) is 0 Å². The Balaban J connectivity index is 1.26. The monoisotopic (exact) mass is 475 g/mol. The topological polar surface area (TPSA) is 118 Å². The van der Waals surface area contributed by atoms with E-state index in [9.17, 15) is 25.3 Å². The van der Waals surface area contributed by atoms with Crippen molar-refractivity contribution < 1.29 is 15.0 Å². The van der Waals surface area contributed by atoms with Gasteiger partial charge in [0.05, 0.1) is 28.6 Å². The summed E-state index contributed by atoms with van der Waals surface area (Å²) in [6.07, 6.45) is -0.588. The average molecular weight is 476 g/mol. The summed E-state index contributed by atoms with van der Waals surface area (Å²) in [4.78, 5) is 25.3. The fourth-order valence-corrected chi connectivity index (χ4v) is 4.98. The van der Waals surface area contributed by atoms with Crippen LogP contribution >= 0.6 is 0 Å². The molecule has 1 fully saturated rings. The molecule has 1 aliphatic heterocycles. The summed E-state index contributed by atoms with van der Waals surface area (Å²) in [5.74, 6) is 0. The number of hydrogen-bond acceptors (Lipinski definition) is 7. The van der Waals surface area contributed by atoms with Gasteiger partial charge >= 0.3 is 0 Å². The zero-order valence-corrected chi connectivity index (χ0v) is 19.0. The minimum Gasteiger partial charge on any atom is -0.390 e. The van der Waals surface area contributed by atoms with Crippen LogP contribution in [0.5, 0.6) is 0 Å². The van der Waals surface area contributed by atoms with Crippen molar-refractivity contribution in [3.8, 4) is 0 Å². The van der Waals surface area contributed by atoms with Crippen LogP contribution in [0.4, 0.5) is 17.1 Å². The number of nitro groups is 2. The highest BCUT2D eigenvalue weighted by atomic mass is 16.6. The second-order valence-corrected chi connectivity index (χ2v) is 8.77. The van der Waals surface area contributed by atoms with Gasteiger partial charge in [0, 0.05) is 60.6 Å². The van der Waals surface area contributed by atoms with Crippen molar-refractivity contribution in [2.75, 3.05) is 37.6 Å². The molecule has 4 aromatic rings. The van der Waals surface area contributed by atoms with Crippen molar-refractivity contribution in [1.29, 1.82) is 0 Å². The molecule has 1 unspecified atom stereocenters. The number of aliphatic hydroxyl groups is 1. The Hall–Kier alpha value is -4.02. The van der Waals surface area contributed by atoms with Gasteiger partial charge in [0.1, 0.15) is 5.69 Å². The van der Waals surface area contributed by atoms with E-state index in [1.165, 1.54) is 12.1 Å². The molecule has 1 aromatic heterocycles. The number of anilines is 1. The van der Waals surface area contributed by atoms with Gasteiger partial charge < -0.3 is 14.6 Å². The lowest BCUT2D eigenvalue weighted by Crippen LogP contribution is -2.49. The largest absolute Gasteiger partial charge is 0.390 e. The first-order chi connectivity index (χ1) is 16.9. The predicted octanol–water partition coefficient (Wildman–Crippen LogP) is 3.79. The standard InChI is InChI=1S/C25H25N5O5/c31-19(17-28-22-7-3-1-5-20(22)21-6-2-4-8-23(21)28)16-26-11-13-27(14-12-26)24-10-9-18(29(32)33)15-25(24)30(34)35/h1-10,15,19,31H,11-14,16-17H2. The van der Waals surface area contributed by atoms with Crippen LogP contribution in [0.3, 0.4) is 0 Å². The molecule has 0 bridgehead atoms. The Morgan fingerprint density at radius 2 is 1.40 bits per heavy atom. The lowest BCUT2D eigenvalue weighted by Gasteiger charge is -2.36. The smallest absolute Gasteiger partial charge is 0.299 e. The molecule has 10 heteroatoms. The number of piperazine rings is 1. The van der Waals surface area contributed by atoms with E-state index in [1.54, 1.807) is 0 Å². The highest BCUT2D eigenvalue weighted by Crippen LogP contribution is 2.33. The molecule has 0 saturated carbocycles. The van der Waals surface area contributed by atoms with Crippen LogP contribution in [-0.2, 0) is 6.54 Å². The third kappa shape index (κ3) is 4.41. The number of non-ortho nitro benzene ring substituents is 1. The lowest BCUT2D eigenvalue weighted by molar-refractivity contribution is -0.393. The molecule has 1 aliphatic rings.